The van der Waals surface area contributed by atoms with Crippen LogP contribution in [0.15, 0.2) is 53.6 Å². The number of anilines is 1. The molecule has 0 radical (unpaired) electrons. The average Bonchev–Trinajstić information content (AvgIpc) is 2.66. The minimum Gasteiger partial charge on any atom is -0.438 e. The Labute approximate surface area is 179 Å². The molecule has 0 bridgehead atoms. The van der Waals surface area contributed by atoms with Crippen LogP contribution >= 0.6 is 11.6 Å². The molecule has 1 heterocycles. The van der Waals surface area contributed by atoms with Crippen LogP contribution in [0.2, 0.25) is 5.02 Å². The van der Waals surface area contributed by atoms with E-state index in [-0.39, 0.29) is 16.5 Å². The SMILES string of the molecule is Cc1cc(F)ccc1Oc1ncc(Cl)c(C)c1C(=O)Nc1cccc(S(C)(=N)=O)c1. The van der Waals surface area contributed by atoms with E-state index in [1.54, 1.807) is 32.0 Å². The molecule has 6 nitrogen and oxygen atoms in total. The molecule has 2 aromatic carbocycles. The van der Waals surface area contributed by atoms with Crippen molar-refractivity contribution in [2.75, 3.05) is 11.6 Å². The number of pyridine rings is 1. The first-order valence-corrected chi connectivity index (χ1v) is 11.1. The largest absolute Gasteiger partial charge is 0.438 e. The molecule has 9 heteroatoms. The molecule has 3 rings (SSSR count). The lowest BCUT2D eigenvalue weighted by Crippen LogP contribution is -2.16. The van der Waals surface area contributed by atoms with Crippen LogP contribution < -0.4 is 10.1 Å². The number of aromatic nitrogens is 1. The molecule has 0 aliphatic heterocycles. The molecule has 30 heavy (non-hydrogen) atoms. The van der Waals surface area contributed by atoms with Crippen LogP contribution in [0.25, 0.3) is 0 Å². The van der Waals surface area contributed by atoms with Gasteiger partial charge in [0.25, 0.3) is 5.91 Å². The number of carbonyl (C=O) groups is 1. The summed E-state index contributed by atoms with van der Waals surface area (Å²) in [6, 6.07) is 10.3. The molecule has 0 aliphatic rings. The van der Waals surface area contributed by atoms with Crippen molar-refractivity contribution in [3.05, 3.63) is 76.2 Å². The zero-order valence-electron chi connectivity index (χ0n) is 16.5. The first-order chi connectivity index (χ1) is 14.1. The lowest BCUT2D eigenvalue weighted by molar-refractivity contribution is 0.102. The van der Waals surface area contributed by atoms with E-state index in [0.29, 0.717) is 27.5 Å². The Kier molecular flexibility index (Phi) is 6.09. The van der Waals surface area contributed by atoms with E-state index < -0.39 is 21.5 Å². The Bertz CT molecular complexity index is 1250. The fourth-order valence-electron chi connectivity index (χ4n) is 2.74. The summed E-state index contributed by atoms with van der Waals surface area (Å²) in [5, 5.41) is 2.98. The summed E-state index contributed by atoms with van der Waals surface area (Å²) in [6.07, 6.45) is 2.67. The van der Waals surface area contributed by atoms with Crippen LogP contribution in [0.3, 0.4) is 0 Å². The van der Waals surface area contributed by atoms with Gasteiger partial charge in [0.2, 0.25) is 5.88 Å². The van der Waals surface area contributed by atoms with Gasteiger partial charge in [0, 0.05) is 23.0 Å². The highest BCUT2D eigenvalue weighted by molar-refractivity contribution is 7.91. The molecule has 0 spiro atoms. The Morgan fingerprint density at radius 2 is 1.97 bits per heavy atom. The molecule has 156 valence electrons. The molecule has 0 saturated heterocycles. The maximum absolute atomic E-state index is 13.4. The number of halogens is 2. The third-order valence-electron chi connectivity index (χ3n) is 4.35. The Morgan fingerprint density at radius 3 is 2.63 bits per heavy atom. The van der Waals surface area contributed by atoms with Gasteiger partial charge in [-0.25, -0.2) is 18.4 Å². The van der Waals surface area contributed by atoms with Crippen molar-refractivity contribution in [3.63, 3.8) is 0 Å². The number of amides is 1. The molecule has 0 saturated carbocycles. The minimum atomic E-state index is -2.94. The van der Waals surface area contributed by atoms with Crippen LogP contribution in [0.1, 0.15) is 21.5 Å². The second kappa shape index (κ2) is 8.41. The molecule has 0 aliphatic carbocycles. The summed E-state index contributed by atoms with van der Waals surface area (Å²) in [7, 11) is -2.94. The van der Waals surface area contributed by atoms with E-state index in [4.69, 9.17) is 21.1 Å². The molecule has 2 N–H and O–H groups in total. The third-order valence-corrected chi connectivity index (χ3v) is 5.89. The highest BCUT2D eigenvalue weighted by Crippen LogP contribution is 2.32. The maximum atomic E-state index is 13.4. The maximum Gasteiger partial charge on any atom is 0.261 e. The first-order valence-electron chi connectivity index (χ1n) is 8.80. The van der Waals surface area contributed by atoms with Gasteiger partial charge in [-0.3, -0.25) is 4.79 Å². The average molecular weight is 448 g/mol. The highest BCUT2D eigenvalue weighted by atomic mass is 35.5. The fourth-order valence-corrected chi connectivity index (χ4v) is 3.58. The molecule has 1 unspecified atom stereocenters. The van der Waals surface area contributed by atoms with Crippen molar-refractivity contribution in [3.8, 4) is 11.6 Å². The Hall–Kier alpha value is -2.97. The minimum absolute atomic E-state index is 0.0139. The normalized spacial score (nSPS) is 12.8. The molecule has 1 atom stereocenters. The van der Waals surface area contributed by atoms with Gasteiger partial charge in [0.1, 0.15) is 17.1 Å². The number of hydrogen-bond acceptors (Lipinski definition) is 5. The van der Waals surface area contributed by atoms with Crippen LogP contribution in [-0.4, -0.2) is 21.4 Å². The standard InChI is InChI=1S/C21H19ClFN3O3S/c1-12-9-14(23)7-8-18(12)29-21-19(13(2)17(22)11-25-21)20(27)26-15-5-4-6-16(10-15)30(3,24)28/h4-11,24H,1-3H3,(H,26,27). The van der Waals surface area contributed by atoms with Crippen LogP contribution in [-0.2, 0) is 9.73 Å². The van der Waals surface area contributed by atoms with Gasteiger partial charge in [-0.15, -0.1) is 0 Å². The smallest absolute Gasteiger partial charge is 0.261 e. The van der Waals surface area contributed by atoms with E-state index >= 15 is 0 Å². The van der Waals surface area contributed by atoms with Gasteiger partial charge in [-0.05, 0) is 61.4 Å². The fraction of sp³-hybridized carbons (Fsp3) is 0.143. The summed E-state index contributed by atoms with van der Waals surface area (Å²) >= 11 is 6.16. The first kappa shape index (κ1) is 21.7. The van der Waals surface area contributed by atoms with Gasteiger partial charge in [0.15, 0.2) is 0 Å². The van der Waals surface area contributed by atoms with Crippen molar-refractivity contribution in [1.29, 1.82) is 4.78 Å². The van der Waals surface area contributed by atoms with Crippen LogP contribution in [0.4, 0.5) is 10.1 Å². The topological polar surface area (TPSA) is 92.1 Å². The summed E-state index contributed by atoms with van der Waals surface area (Å²) in [5.74, 6) is -0.580. The van der Waals surface area contributed by atoms with Gasteiger partial charge >= 0.3 is 0 Å². The van der Waals surface area contributed by atoms with E-state index in [1.165, 1.54) is 36.7 Å². The molecular weight excluding hydrogens is 429 g/mol. The van der Waals surface area contributed by atoms with Gasteiger partial charge in [-0.1, -0.05) is 17.7 Å². The van der Waals surface area contributed by atoms with Crippen LogP contribution in [0.5, 0.6) is 11.6 Å². The second-order valence-corrected chi connectivity index (χ2v) is 9.31. The number of carbonyl (C=O) groups excluding carboxylic acids is 1. The summed E-state index contributed by atoms with van der Waals surface area (Å²) in [4.78, 5) is 17.5. The van der Waals surface area contributed by atoms with Crippen molar-refractivity contribution in [2.24, 2.45) is 0 Å². The van der Waals surface area contributed by atoms with Crippen molar-refractivity contribution in [2.45, 2.75) is 18.7 Å². The number of hydrogen-bond donors (Lipinski definition) is 2. The van der Waals surface area contributed by atoms with Gasteiger partial charge < -0.3 is 10.1 Å². The van der Waals surface area contributed by atoms with E-state index in [0.717, 1.165) is 0 Å². The van der Waals surface area contributed by atoms with Crippen molar-refractivity contribution < 1.29 is 18.1 Å². The summed E-state index contributed by atoms with van der Waals surface area (Å²) in [5.41, 5.74) is 1.47. The zero-order chi connectivity index (χ0) is 22.1. The number of nitrogens with zero attached hydrogens (tertiary/aromatic N) is 1. The lowest BCUT2D eigenvalue weighted by Gasteiger charge is -2.15. The van der Waals surface area contributed by atoms with Gasteiger partial charge in [0.05, 0.1) is 14.8 Å². The number of ether oxygens (including phenoxy) is 1. The predicted molar refractivity (Wildman–Crippen MR) is 115 cm³/mol. The molecule has 1 aromatic heterocycles. The summed E-state index contributed by atoms with van der Waals surface area (Å²) in [6.45, 7) is 3.33. The number of aryl methyl sites for hydroxylation is 1. The zero-order valence-corrected chi connectivity index (χ0v) is 18.0. The molecule has 0 fully saturated rings. The quantitative estimate of drug-likeness (QED) is 0.534. The van der Waals surface area contributed by atoms with Crippen LogP contribution in [0, 0.1) is 24.4 Å². The van der Waals surface area contributed by atoms with Gasteiger partial charge in [-0.2, -0.15) is 0 Å². The van der Waals surface area contributed by atoms with E-state index in [1.807, 2.05) is 0 Å². The highest BCUT2D eigenvalue weighted by Gasteiger charge is 2.21. The third kappa shape index (κ3) is 4.77. The lowest BCUT2D eigenvalue weighted by atomic mass is 10.1. The van der Waals surface area contributed by atoms with E-state index in [2.05, 4.69) is 10.3 Å². The second-order valence-electron chi connectivity index (χ2n) is 6.75. The predicted octanol–water partition coefficient (Wildman–Crippen LogP) is 5.57. The monoisotopic (exact) mass is 447 g/mol. The Balaban J connectivity index is 1.98. The van der Waals surface area contributed by atoms with Crippen molar-refractivity contribution >= 4 is 32.9 Å². The number of rotatable bonds is 5. The number of nitrogens with one attached hydrogen (secondary N) is 2. The Morgan fingerprint density at radius 1 is 1.23 bits per heavy atom. The van der Waals surface area contributed by atoms with Crippen molar-refractivity contribution in [1.82, 2.24) is 4.98 Å². The number of benzene rings is 2. The molecule has 1 amide bonds. The molecule has 3 aromatic rings. The molecular formula is C21H19ClFN3O3S. The van der Waals surface area contributed by atoms with E-state index in [9.17, 15) is 13.4 Å². The summed E-state index contributed by atoms with van der Waals surface area (Å²) < 4.78 is 38.9.